The monoisotopic (exact) mass is 382 g/mol. The molecule has 1 amide bonds. The molecule has 1 atom stereocenters. The van der Waals surface area contributed by atoms with Gasteiger partial charge in [-0.2, -0.15) is 8.78 Å². The number of anilines is 1. The van der Waals surface area contributed by atoms with E-state index in [-0.39, 0.29) is 28.6 Å². The summed E-state index contributed by atoms with van der Waals surface area (Å²) in [5.41, 5.74) is -0.210. The molecule has 0 aliphatic carbocycles. The highest BCUT2D eigenvalue weighted by Crippen LogP contribution is 2.32. The molecule has 0 aromatic heterocycles. The Morgan fingerprint density at radius 3 is 2.44 bits per heavy atom. The molecule has 0 fully saturated rings. The molecule has 0 aliphatic rings. The number of carbonyl (C=O) groups is 1. The number of nitrogens with zero attached hydrogens (tertiary/aromatic N) is 1. The van der Waals surface area contributed by atoms with Crippen LogP contribution in [0, 0.1) is 10.1 Å². The fraction of sp³-hybridized carbons (Fsp3) is 0.235. The summed E-state index contributed by atoms with van der Waals surface area (Å²) in [6, 6.07) is 9.35. The van der Waals surface area contributed by atoms with Crippen molar-refractivity contribution < 1.29 is 32.7 Å². The van der Waals surface area contributed by atoms with Crippen LogP contribution in [0.2, 0.25) is 0 Å². The van der Waals surface area contributed by atoms with Crippen molar-refractivity contribution in [3.8, 4) is 17.2 Å². The van der Waals surface area contributed by atoms with Crippen LogP contribution < -0.4 is 19.5 Å². The van der Waals surface area contributed by atoms with E-state index in [0.29, 0.717) is 0 Å². The second-order valence-electron chi connectivity index (χ2n) is 5.22. The van der Waals surface area contributed by atoms with E-state index in [9.17, 15) is 23.7 Å². The van der Waals surface area contributed by atoms with Gasteiger partial charge in [-0.05, 0) is 25.1 Å². The number of nitro groups is 1. The SMILES string of the molecule is COc1ccc([N+](=O)[O-])cc1O[C@H](C)C(=O)Nc1ccccc1OC(F)F. The fourth-order valence-corrected chi connectivity index (χ4v) is 2.12. The van der Waals surface area contributed by atoms with Crippen molar-refractivity contribution in [2.45, 2.75) is 19.6 Å². The number of ether oxygens (including phenoxy) is 3. The maximum Gasteiger partial charge on any atom is 0.387 e. The Balaban J connectivity index is 2.15. The summed E-state index contributed by atoms with van der Waals surface area (Å²) in [4.78, 5) is 22.6. The van der Waals surface area contributed by atoms with E-state index >= 15 is 0 Å². The molecule has 27 heavy (non-hydrogen) atoms. The third kappa shape index (κ3) is 5.27. The fourth-order valence-electron chi connectivity index (χ4n) is 2.12. The van der Waals surface area contributed by atoms with Crippen LogP contribution in [0.25, 0.3) is 0 Å². The molecular weight excluding hydrogens is 366 g/mol. The highest BCUT2D eigenvalue weighted by Gasteiger charge is 2.21. The third-order valence-corrected chi connectivity index (χ3v) is 3.39. The van der Waals surface area contributed by atoms with Gasteiger partial charge in [0.05, 0.1) is 23.8 Å². The lowest BCUT2D eigenvalue weighted by atomic mass is 10.2. The molecule has 2 aromatic rings. The zero-order valence-corrected chi connectivity index (χ0v) is 14.3. The van der Waals surface area contributed by atoms with Crippen LogP contribution in [0.4, 0.5) is 20.2 Å². The first kappa shape index (κ1) is 19.9. The number of methoxy groups -OCH3 is 1. The summed E-state index contributed by atoms with van der Waals surface area (Å²) < 4.78 is 39.7. The molecule has 0 saturated heterocycles. The molecule has 2 aromatic carbocycles. The number of nitrogens with one attached hydrogen (secondary N) is 1. The molecule has 0 bridgehead atoms. The second-order valence-corrected chi connectivity index (χ2v) is 5.22. The molecule has 0 saturated carbocycles. The lowest BCUT2D eigenvalue weighted by molar-refractivity contribution is -0.385. The number of hydrogen-bond donors (Lipinski definition) is 1. The molecule has 0 spiro atoms. The number of hydrogen-bond acceptors (Lipinski definition) is 6. The third-order valence-electron chi connectivity index (χ3n) is 3.39. The van der Waals surface area contributed by atoms with Gasteiger partial charge in [0, 0.05) is 6.07 Å². The van der Waals surface area contributed by atoms with Gasteiger partial charge < -0.3 is 19.5 Å². The van der Waals surface area contributed by atoms with E-state index < -0.39 is 23.5 Å². The van der Waals surface area contributed by atoms with Gasteiger partial charge in [0.15, 0.2) is 17.6 Å². The number of alkyl halides is 2. The van der Waals surface area contributed by atoms with E-state index in [2.05, 4.69) is 10.1 Å². The number of benzene rings is 2. The highest BCUT2D eigenvalue weighted by molar-refractivity contribution is 5.95. The average Bonchev–Trinajstić information content (AvgIpc) is 2.62. The lowest BCUT2D eigenvalue weighted by Crippen LogP contribution is -2.30. The standard InChI is InChI=1S/C17H16F2N2O6/c1-10(26-15-9-11(21(23)24)7-8-14(15)25-2)16(22)20-12-5-3-4-6-13(12)27-17(18)19/h3-10,17H,1-2H3,(H,20,22)/t10-/m1/s1. The summed E-state index contributed by atoms with van der Waals surface area (Å²) in [6.45, 7) is -1.66. The molecule has 144 valence electrons. The Hall–Kier alpha value is -3.43. The zero-order valence-electron chi connectivity index (χ0n) is 14.3. The van der Waals surface area contributed by atoms with Gasteiger partial charge in [0.1, 0.15) is 5.75 Å². The van der Waals surface area contributed by atoms with E-state index in [1.54, 1.807) is 0 Å². The zero-order chi connectivity index (χ0) is 20.0. The number of non-ortho nitro benzene ring substituents is 1. The second kappa shape index (κ2) is 8.79. The van der Waals surface area contributed by atoms with Crippen molar-refractivity contribution >= 4 is 17.3 Å². The Labute approximate surface area is 152 Å². The van der Waals surface area contributed by atoms with E-state index in [0.717, 1.165) is 6.07 Å². The highest BCUT2D eigenvalue weighted by atomic mass is 19.3. The molecule has 8 nitrogen and oxygen atoms in total. The minimum Gasteiger partial charge on any atom is -0.493 e. The van der Waals surface area contributed by atoms with Crippen LogP contribution in [0.5, 0.6) is 17.2 Å². The van der Waals surface area contributed by atoms with Crippen LogP contribution in [0.15, 0.2) is 42.5 Å². The largest absolute Gasteiger partial charge is 0.493 e. The van der Waals surface area contributed by atoms with Gasteiger partial charge in [-0.1, -0.05) is 12.1 Å². The van der Waals surface area contributed by atoms with Gasteiger partial charge in [-0.15, -0.1) is 0 Å². The van der Waals surface area contributed by atoms with Gasteiger partial charge in [0.25, 0.3) is 11.6 Å². The van der Waals surface area contributed by atoms with Crippen molar-refractivity contribution in [3.63, 3.8) is 0 Å². The number of halogens is 2. The van der Waals surface area contributed by atoms with E-state index in [1.807, 2.05) is 0 Å². The van der Waals surface area contributed by atoms with Crippen molar-refractivity contribution in [3.05, 3.63) is 52.6 Å². The molecule has 0 aliphatic heterocycles. The Morgan fingerprint density at radius 2 is 1.81 bits per heavy atom. The molecule has 0 unspecified atom stereocenters. The maximum atomic E-state index is 12.4. The number of amides is 1. The minimum atomic E-state index is -3.05. The lowest BCUT2D eigenvalue weighted by Gasteiger charge is -2.17. The normalized spacial score (nSPS) is 11.6. The molecule has 1 N–H and O–H groups in total. The summed E-state index contributed by atoms with van der Waals surface area (Å²) >= 11 is 0. The summed E-state index contributed by atoms with van der Waals surface area (Å²) in [5, 5.41) is 13.3. The van der Waals surface area contributed by atoms with Crippen LogP contribution >= 0.6 is 0 Å². The summed E-state index contributed by atoms with van der Waals surface area (Å²) in [7, 11) is 1.34. The summed E-state index contributed by atoms with van der Waals surface area (Å²) in [5.74, 6) is -0.692. The first-order valence-corrected chi connectivity index (χ1v) is 7.65. The van der Waals surface area contributed by atoms with E-state index in [4.69, 9.17) is 9.47 Å². The van der Waals surface area contributed by atoms with Crippen molar-refractivity contribution in [1.82, 2.24) is 0 Å². The van der Waals surface area contributed by atoms with Gasteiger partial charge >= 0.3 is 6.61 Å². The van der Waals surface area contributed by atoms with Gasteiger partial charge in [-0.3, -0.25) is 14.9 Å². The Kier molecular flexibility index (Phi) is 6.47. The number of rotatable bonds is 8. The van der Waals surface area contributed by atoms with Gasteiger partial charge in [-0.25, -0.2) is 0 Å². The first-order valence-electron chi connectivity index (χ1n) is 7.65. The predicted octanol–water partition coefficient (Wildman–Crippen LogP) is 3.61. The van der Waals surface area contributed by atoms with Crippen LogP contribution in [-0.2, 0) is 4.79 Å². The molecular formula is C17H16F2N2O6. The topological polar surface area (TPSA) is 99.9 Å². The molecule has 0 heterocycles. The van der Waals surface area contributed by atoms with Gasteiger partial charge in [0.2, 0.25) is 0 Å². The molecule has 2 rings (SSSR count). The van der Waals surface area contributed by atoms with Crippen LogP contribution in [0.3, 0.4) is 0 Å². The number of para-hydroxylation sites is 2. The van der Waals surface area contributed by atoms with Crippen molar-refractivity contribution in [2.75, 3.05) is 12.4 Å². The van der Waals surface area contributed by atoms with Crippen LogP contribution in [0.1, 0.15) is 6.92 Å². The molecule has 10 heteroatoms. The van der Waals surface area contributed by atoms with Crippen molar-refractivity contribution in [2.24, 2.45) is 0 Å². The number of carbonyl (C=O) groups excluding carboxylic acids is 1. The minimum absolute atomic E-state index is 0.00790. The Morgan fingerprint density at radius 1 is 1.11 bits per heavy atom. The smallest absolute Gasteiger partial charge is 0.387 e. The van der Waals surface area contributed by atoms with Crippen LogP contribution in [-0.4, -0.2) is 30.7 Å². The van der Waals surface area contributed by atoms with Crippen molar-refractivity contribution in [1.29, 1.82) is 0 Å². The average molecular weight is 382 g/mol. The Bertz CT molecular complexity index is 831. The number of nitro benzene ring substituents is 1. The first-order chi connectivity index (χ1) is 12.8. The maximum absolute atomic E-state index is 12.4. The molecule has 0 radical (unpaired) electrons. The van der Waals surface area contributed by atoms with E-state index in [1.165, 1.54) is 50.4 Å². The quantitative estimate of drug-likeness (QED) is 0.553. The predicted molar refractivity (Wildman–Crippen MR) is 91.4 cm³/mol. The summed E-state index contributed by atoms with van der Waals surface area (Å²) in [6.07, 6.45) is -1.11.